The van der Waals surface area contributed by atoms with Gasteiger partial charge in [-0.15, -0.1) is 0 Å². The minimum Gasteiger partial charge on any atom is -0.515 e. The smallest absolute Gasteiger partial charge is 0.328 e. The van der Waals surface area contributed by atoms with Crippen molar-refractivity contribution in [2.24, 2.45) is 0 Å². The van der Waals surface area contributed by atoms with E-state index in [-0.39, 0.29) is 22.2 Å². The van der Waals surface area contributed by atoms with E-state index >= 15 is 0 Å². The Morgan fingerprint density at radius 3 is 1.63 bits per heavy atom. The number of aliphatic carboxylic acids is 1. The second-order valence-electron chi connectivity index (χ2n) is 5.87. The summed E-state index contributed by atoms with van der Waals surface area (Å²) < 4.78 is 5.85. The van der Waals surface area contributed by atoms with Gasteiger partial charge in [0.25, 0.3) is 8.32 Å². The Labute approximate surface area is 117 Å². The molecule has 0 fully saturated rings. The van der Waals surface area contributed by atoms with Gasteiger partial charge in [-0.05, 0) is 23.5 Å². The highest BCUT2D eigenvalue weighted by Crippen LogP contribution is 2.42. The van der Waals surface area contributed by atoms with Crippen molar-refractivity contribution in [1.82, 2.24) is 0 Å². The van der Waals surface area contributed by atoms with Gasteiger partial charge in [-0.1, -0.05) is 41.5 Å². The minimum absolute atomic E-state index is 0.145. The molecule has 0 aliphatic carbocycles. The SMILES string of the molecule is C/C(=C\C(=O)O)C(=O)O[Si](C(C)C)(C(C)C)C(C)C. The standard InChI is InChI=1S/C14H26O4Si/c1-9(2)19(10(3)4,11(5)6)18-14(17)12(7)8-13(15)16/h8-11H,1-7H3,(H,15,16)/b12-8+. The molecule has 0 unspecified atom stereocenters. The molecule has 0 aromatic heterocycles. The molecule has 0 rings (SSSR count). The fourth-order valence-corrected chi connectivity index (χ4v) is 8.03. The van der Waals surface area contributed by atoms with Crippen molar-refractivity contribution < 1.29 is 19.1 Å². The normalized spacial score (nSPS) is 13.3. The molecule has 0 saturated carbocycles. The van der Waals surface area contributed by atoms with Crippen LogP contribution in [0.2, 0.25) is 16.6 Å². The maximum Gasteiger partial charge on any atom is 0.328 e. The second kappa shape index (κ2) is 6.89. The number of carboxylic acid groups (broad SMARTS) is 1. The second-order valence-corrected chi connectivity index (χ2v) is 11.2. The molecule has 0 aliphatic rings. The Balaban J connectivity index is 5.36. The van der Waals surface area contributed by atoms with Gasteiger partial charge in [-0.2, -0.15) is 0 Å². The maximum absolute atomic E-state index is 12.1. The molecule has 4 nitrogen and oxygen atoms in total. The van der Waals surface area contributed by atoms with E-state index in [1.807, 2.05) is 0 Å². The molecule has 1 N–H and O–H groups in total. The van der Waals surface area contributed by atoms with Crippen LogP contribution in [0.3, 0.4) is 0 Å². The third-order valence-electron chi connectivity index (χ3n) is 3.64. The summed E-state index contributed by atoms with van der Waals surface area (Å²) >= 11 is 0. The summed E-state index contributed by atoms with van der Waals surface area (Å²) in [6, 6.07) is 0. The van der Waals surface area contributed by atoms with Gasteiger partial charge in [0.1, 0.15) is 0 Å². The lowest BCUT2D eigenvalue weighted by molar-refractivity contribution is -0.134. The van der Waals surface area contributed by atoms with Crippen LogP contribution in [0.4, 0.5) is 0 Å². The molecule has 0 saturated heterocycles. The first-order valence-corrected chi connectivity index (χ1v) is 8.84. The van der Waals surface area contributed by atoms with Crippen LogP contribution in [0, 0.1) is 0 Å². The van der Waals surface area contributed by atoms with Crippen molar-refractivity contribution in [2.75, 3.05) is 0 Å². The Bertz CT molecular complexity index is 348. The van der Waals surface area contributed by atoms with Gasteiger partial charge >= 0.3 is 11.9 Å². The Morgan fingerprint density at radius 1 is 1.00 bits per heavy atom. The molecule has 0 heterocycles. The molecule has 0 aromatic carbocycles. The van der Waals surface area contributed by atoms with Crippen LogP contribution in [0.25, 0.3) is 0 Å². The maximum atomic E-state index is 12.1. The van der Waals surface area contributed by atoms with Crippen LogP contribution in [-0.4, -0.2) is 25.4 Å². The predicted molar refractivity (Wildman–Crippen MR) is 78.5 cm³/mol. The van der Waals surface area contributed by atoms with Gasteiger partial charge in [0, 0.05) is 11.6 Å². The summed E-state index contributed by atoms with van der Waals surface area (Å²) in [6.07, 6.45) is 0.905. The Kier molecular flexibility index (Phi) is 6.49. The summed E-state index contributed by atoms with van der Waals surface area (Å²) in [7, 11) is -2.29. The van der Waals surface area contributed by atoms with E-state index in [1.165, 1.54) is 6.92 Å². The zero-order chi connectivity index (χ0) is 15.4. The highest BCUT2D eigenvalue weighted by Gasteiger charge is 2.48. The van der Waals surface area contributed by atoms with E-state index in [2.05, 4.69) is 41.5 Å². The predicted octanol–water partition coefficient (Wildman–Crippen LogP) is 3.74. The van der Waals surface area contributed by atoms with Crippen molar-refractivity contribution in [1.29, 1.82) is 0 Å². The summed E-state index contributed by atoms with van der Waals surface area (Å²) in [5.74, 6) is -1.62. The average molecular weight is 286 g/mol. The van der Waals surface area contributed by atoms with Crippen molar-refractivity contribution >= 4 is 20.3 Å². The molecule has 5 heteroatoms. The lowest BCUT2D eigenvalue weighted by Crippen LogP contribution is -2.49. The third kappa shape index (κ3) is 4.20. The van der Waals surface area contributed by atoms with Crippen LogP contribution < -0.4 is 0 Å². The number of hydrogen-bond donors (Lipinski definition) is 1. The number of carboxylic acids is 1. The van der Waals surface area contributed by atoms with Crippen LogP contribution >= 0.6 is 0 Å². The highest BCUT2D eigenvalue weighted by atomic mass is 28.4. The fraction of sp³-hybridized carbons (Fsp3) is 0.714. The lowest BCUT2D eigenvalue weighted by Gasteiger charge is -2.41. The largest absolute Gasteiger partial charge is 0.515 e. The number of hydrogen-bond acceptors (Lipinski definition) is 3. The topological polar surface area (TPSA) is 63.6 Å². The molecule has 0 amide bonds. The van der Waals surface area contributed by atoms with Gasteiger partial charge in [0.2, 0.25) is 0 Å². The van der Waals surface area contributed by atoms with Gasteiger partial charge in [-0.25, -0.2) is 9.59 Å². The van der Waals surface area contributed by atoms with Gasteiger partial charge in [-0.3, -0.25) is 0 Å². The molecule has 19 heavy (non-hydrogen) atoms. The van der Waals surface area contributed by atoms with Crippen LogP contribution in [0.1, 0.15) is 48.5 Å². The zero-order valence-corrected chi connectivity index (χ0v) is 14.0. The molecule has 0 atom stereocenters. The van der Waals surface area contributed by atoms with E-state index in [0.29, 0.717) is 0 Å². The van der Waals surface area contributed by atoms with E-state index < -0.39 is 20.3 Å². The van der Waals surface area contributed by atoms with Gasteiger partial charge < -0.3 is 9.53 Å². The highest BCUT2D eigenvalue weighted by molar-refractivity contribution is 6.79. The first-order chi connectivity index (χ1) is 8.55. The van der Waals surface area contributed by atoms with E-state index in [9.17, 15) is 9.59 Å². The molecule has 0 bridgehead atoms. The number of carbonyl (C=O) groups is 2. The summed E-state index contributed by atoms with van der Waals surface area (Å²) in [5.41, 5.74) is 1.00. The first-order valence-electron chi connectivity index (χ1n) is 6.70. The van der Waals surface area contributed by atoms with E-state index in [0.717, 1.165) is 6.08 Å². The summed E-state index contributed by atoms with van der Waals surface area (Å²) in [4.78, 5) is 22.7. The summed E-state index contributed by atoms with van der Waals surface area (Å²) in [5, 5.41) is 8.69. The van der Waals surface area contributed by atoms with Crippen molar-refractivity contribution in [3.8, 4) is 0 Å². The monoisotopic (exact) mass is 286 g/mol. The van der Waals surface area contributed by atoms with Crippen molar-refractivity contribution in [3.63, 3.8) is 0 Å². The Hall–Kier alpha value is -1.10. The quantitative estimate of drug-likeness (QED) is 0.597. The number of carbonyl (C=O) groups excluding carboxylic acids is 1. The fourth-order valence-electron chi connectivity index (χ4n) is 2.84. The average Bonchev–Trinajstić information content (AvgIpc) is 2.22. The van der Waals surface area contributed by atoms with Crippen LogP contribution in [0.15, 0.2) is 11.6 Å². The molecule has 0 aromatic rings. The van der Waals surface area contributed by atoms with Crippen molar-refractivity contribution in [2.45, 2.75) is 65.1 Å². The molecular formula is C14H26O4Si. The molecule has 0 aliphatic heterocycles. The van der Waals surface area contributed by atoms with Gasteiger partial charge in [0.05, 0.1) is 0 Å². The van der Waals surface area contributed by atoms with E-state index in [4.69, 9.17) is 9.53 Å². The van der Waals surface area contributed by atoms with Crippen molar-refractivity contribution in [3.05, 3.63) is 11.6 Å². The Morgan fingerprint density at radius 2 is 1.37 bits per heavy atom. The minimum atomic E-state index is -2.29. The van der Waals surface area contributed by atoms with Crippen LogP contribution in [0.5, 0.6) is 0 Å². The van der Waals surface area contributed by atoms with Gasteiger partial charge in [0.15, 0.2) is 0 Å². The van der Waals surface area contributed by atoms with E-state index in [1.54, 1.807) is 0 Å². The summed E-state index contributed by atoms with van der Waals surface area (Å²) in [6.45, 7) is 14.0. The first kappa shape index (κ1) is 17.9. The molecular weight excluding hydrogens is 260 g/mol. The lowest BCUT2D eigenvalue weighted by atomic mass is 10.3. The third-order valence-corrected chi connectivity index (χ3v) is 9.59. The number of rotatable bonds is 6. The molecule has 0 spiro atoms. The molecule has 0 radical (unpaired) electrons. The molecule has 110 valence electrons. The zero-order valence-electron chi connectivity index (χ0n) is 13.0. The van der Waals surface area contributed by atoms with Crippen LogP contribution in [-0.2, 0) is 14.0 Å².